The van der Waals surface area contributed by atoms with Gasteiger partial charge in [0.2, 0.25) is 0 Å². The maximum atomic E-state index is 12.9. The highest BCUT2D eigenvalue weighted by Crippen LogP contribution is 2.30. The van der Waals surface area contributed by atoms with Crippen LogP contribution < -0.4 is 20.5 Å². The smallest absolute Gasteiger partial charge is 0.338 e. The molecule has 0 heterocycles. The Balaban J connectivity index is 0.00000462. The summed E-state index contributed by atoms with van der Waals surface area (Å²) in [4.78, 5) is 25.0. The van der Waals surface area contributed by atoms with Gasteiger partial charge in [0.25, 0.3) is 0 Å². The fourth-order valence-corrected chi connectivity index (χ4v) is 4.60. The number of carbonyl (C=O) groups is 2. The van der Waals surface area contributed by atoms with Crippen LogP contribution in [0.15, 0.2) is 72.8 Å². The van der Waals surface area contributed by atoms with E-state index in [1.807, 2.05) is 24.3 Å². The molecule has 8 nitrogen and oxygen atoms in total. The van der Waals surface area contributed by atoms with Crippen LogP contribution in [0.2, 0.25) is 0 Å². The second-order valence-electron chi connectivity index (χ2n) is 9.83. The van der Waals surface area contributed by atoms with E-state index < -0.39 is 5.97 Å². The SMILES string of the molecule is Cl.N=C(N)NC[C@H]1CC[C@H](C(=O)Oc2ccc(-c3ccc(C(=O)OCCCOc4ccc(F)cc4)cc3)cc2)CC1. The molecule has 0 amide bonds. The quantitative estimate of drug-likeness (QED) is 0.0865. The molecule has 41 heavy (non-hydrogen) atoms. The molecule has 1 aliphatic rings. The molecule has 0 bridgehead atoms. The van der Waals surface area contributed by atoms with Gasteiger partial charge in [0.05, 0.1) is 24.7 Å². The Morgan fingerprint density at radius 3 is 2.05 bits per heavy atom. The number of halogens is 2. The number of esters is 2. The molecule has 1 fully saturated rings. The van der Waals surface area contributed by atoms with Crippen LogP contribution in [-0.4, -0.2) is 37.7 Å². The van der Waals surface area contributed by atoms with Crippen molar-refractivity contribution >= 4 is 30.3 Å². The van der Waals surface area contributed by atoms with Crippen molar-refractivity contribution in [1.82, 2.24) is 5.32 Å². The molecule has 4 N–H and O–H groups in total. The molecule has 1 aliphatic carbocycles. The zero-order chi connectivity index (χ0) is 28.3. The number of hydrogen-bond donors (Lipinski definition) is 3. The fraction of sp³-hybridized carbons (Fsp3) is 0.323. The van der Waals surface area contributed by atoms with Gasteiger partial charge in [-0.2, -0.15) is 0 Å². The lowest BCUT2D eigenvalue weighted by Crippen LogP contribution is -2.36. The summed E-state index contributed by atoms with van der Waals surface area (Å²) in [7, 11) is 0. The first-order valence-electron chi connectivity index (χ1n) is 13.4. The molecule has 218 valence electrons. The highest BCUT2D eigenvalue weighted by Gasteiger charge is 2.27. The Labute approximate surface area is 245 Å². The molecule has 0 saturated heterocycles. The average Bonchev–Trinajstić information content (AvgIpc) is 2.97. The third kappa shape index (κ3) is 9.79. The number of ether oxygens (including phenoxy) is 3. The van der Waals surface area contributed by atoms with E-state index in [1.54, 1.807) is 36.4 Å². The van der Waals surface area contributed by atoms with Crippen LogP contribution >= 0.6 is 12.4 Å². The van der Waals surface area contributed by atoms with E-state index >= 15 is 0 Å². The summed E-state index contributed by atoms with van der Waals surface area (Å²) in [5, 5.41) is 10.1. The van der Waals surface area contributed by atoms with Crippen molar-refractivity contribution in [3.05, 3.63) is 84.2 Å². The summed E-state index contributed by atoms with van der Waals surface area (Å²) in [6.45, 7) is 1.22. The van der Waals surface area contributed by atoms with Crippen LogP contribution in [0.1, 0.15) is 42.5 Å². The van der Waals surface area contributed by atoms with E-state index in [9.17, 15) is 14.0 Å². The van der Waals surface area contributed by atoms with E-state index in [0.29, 0.717) is 42.6 Å². The Hall–Kier alpha value is -4.11. The van der Waals surface area contributed by atoms with Gasteiger partial charge in [0, 0.05) is 13.0 Å². The second-order valence-corrected chi connectivity index (χ2v) is 9.83. The Bertz CT molecular complexity index is 1280. The molecular formula is C31H35ClFN3O5. The molecule has 3 aromatic rings. The number of hydrogen-bond acceptors (Lipinski definition) is 6. The lowest BCUT2D eigenvalue weighted by molar-refractivity contribution is -0.140. The number of rotatable bonds is 11. The van der Waals surface area contributed by atoms with Crippen molar-refractivity contribution in [3.63, 3.8) is 0 Å². The summed E-state index contributed by atoms with van der Waals surface area (Å²) < 4.78 is 29.4. The van der Waals surface area contributed by atoms with Gasteiger partial charge >= 0.3 is 11.9 Å². The molecule has 0 atom stereocenters. The molecule has 10 heteroatoms. The molecular weight excluding hydrogens is 549 g/mol. The second kappa shape index (κ2) is 15.6. The third-order valence-corrected chi connectivity index (χ3v) is 6.89. The van der Waals surface area contributed by atoms with Crippen LogP contribution in [0.3, 0.4) is 0 Å². The van der Waals surface area contributed by atoms with E-state index in [0.717, 1.165) is 36.8 Å². The van der Waals surface area contributed by atoms with Crippen LogP contribution in [0.4, 0.5) is 4.39 Å². The molecule has 0 aliphatic heterocycles. The summed E-state index contributed by atoms with van der Waals surface area (Å²) >= 11 is 0. The largest absolute Gasteiger partial charge is 0.493 e. The van der Waals surface area contributed by atoms with Crippen LogP contribution in [-0.2, 0) is 9.53 Å². The van der Waals surface area contributed by atoms with Crippen LogP contribution in [0.25, 0.3) is 11.1 Å². The number of nitrogens with two attached hydrogens (primary N) is 1. The molecule has 0 unspecified atom stereocenters. The maximum absolute atomic E-state index is 12.9. The normalized spacial score (nSPS) is 16.1. The predicted molar refractivity (Wildman–Crippen MR) is 157 cm³/mol. The van der Waals surface area contributed by atoms with E-state index in [1.165, 1.54) is 12.1 Å². The van der Waals surface area contributed by atoms with Gasteiger partial charge in [-0.1, -0.05) is 24.3 Å². The first-order chi connectivity index (χ1) is 19.4. The minimum absolute atomic E-state index is 0. The zero-order valence-electron chi connectivity index (χ0n) is 22.6. The maximum Gasteiger partial charge on any atom is 0.338 e. The van der Waals surface area contributed by atoms with Crippen molar-refractivity contribution in [2.45, 2.75) is 32.1 Å². The fourth-order valence-electron chi connectivity index (χ4n) is 4.60. The van der Waals surface area contributed by atoms with E-state index in [-0.39, 0.29) is 42.7 Å². The first kappa shape index (κ1) is 31.4. The van der Waals surface area contributed by atoms with Gasteiger partial charge in [-0.15, -0.1) is 12.4 Å². The van der Waals surface area contributed by atoms with Crippen LogP contribution in [0, 0.1) is 23.1 Å². The van der Waals surface area contributed by atoms with Crippen molar-refractivity contribution in [2.75, 3.05) is 19.8 Å². The van der Waals surface area contributed by atoms with Crippen molar-refractivity contribution in [2.24, 2.45) is 17.6 Å². The van der Waals surface area contributed by atoms with Gasteiger partial charge < -0.3 is 25.3 Å². The first-order valence-corrected chi connectivity index (χ1v) is 13.4. The Morgan fingerprint density at radius 2 is 1.44 bits per heavy atom. The minimum atomic E-state index is -0.417. The molecule has 4 rings (SSSR count). The molecule has 3 aromatic carbocycles. The van der Waals surface area contributed by atoms with Gasteiger partial charge in [0.15, 0.2) is 5.96 Å². The zero-order valence-corrected chi connectivity index (χ0v) is 23.5. The number of guanidine groups is 1. The molecule has 1 saturated carbocycles. The van der Waals surface area contributed by atoms with Gasteiger partial charge in [0.1, 0.15) is 17.3 Å². The van der Waals surface area contributed by atoms with Crippen molar-refractivity contribution in [3.8, 4) is 22.6 Å². The van der Waals surface area contributed by atoms with Crippen LogP contribution in [0.5, 0.6) is 11.5 Å². The minimum Gasteiger partial charge on any atom is -0.493 e. The molecule has 0 aromatic heterocycles. The number of carbonyl (C=O) groups excluding carboxylic acids is 2. The highest BCUT2D eigenvalue weighted by atomic mass is 35.5. The number of nitrogens with one attached hydrogen (secondary N) is 2. The third-order valence-electron chi connectivity index (χ3n) is 6.89. The lowest BCUT2D eigenvalue weighted by atomic mass is 9.82. The van der Waals surface area contributed by atoms with Gasteiger partial charge in [-0.3, -0.25) is 10.2 Å². The van der Waals surface area contributed by atoms with E-state index in [4.69, 9.17) is 25.4 Å². The van der Waals surface area contributed by atoms with E-state index in [2.05, 4.69) is 5.32 Å². The Kier molecular flexibility index (Phi) is 12.0. The van der Waals surface area contributed by atoms with Crippen molar-refractivity contribution in [1.29, 1.82) is 5.41 Å². The average molecular weight is 584 g/mol. The summed E-state index contributed by atoms with van der Waals surface area (Å²) in [5.41, 5.74) is 7.64. The Morgan fingerprint density at radius 1 is 0.854 bits per heavy atom. The predicted octanol–water partition coefficient (Wildman–Crippen LogP) is 5.74. The lowest BCUT2D eigenvalue weighted by Gasteiger charge is -2.27. The summed E-state index contributed by atoms with van der Waals surface area (Å²) in [5.74, 6) is 0.371. The van der Waals surface area contributed by atoms with Gasteiger partial charge in [-0.25, -0.2) is 9.18 Å². The summed E-state index contributed by atoms with van der Waals surface area (Å²) in [6, 6.07) is 20.2. The van der Waals surface area contributed by atoms with Gasteiger partial charge in [-0.05, 0) is 91.3 Å². The highest BCUT2D eigenvalue weighted by molar-refractivity contribution is 5.90. The molecule has 0 radical (unpaired) electrons. The number of benzene rings is 3. The monoisotopic (exact) mass is 583 g/mol. The summed E-state index contributed by atoms with van der Waals surface area (Å²) in [6.07, 6.45) is 3.83. The topological polar surface area (TPSA) is 124 Å². The molecule has 0 spiro atoms. The standard InChI is InChI=1S/C31H34FN3O5.ClH/c32-26-12-16-27(17-13-26)38-18-1-19-39-29(36)24-8-6-22(7-9-24)23-10-14-28(15-11-23)40-30(37)25-4-2-21(3-5-25)20-35-31(33)34;/h6-17,21,25H,1-5,18-20H2,(H4,33,34,35);1H/t21-,25-;. The van der Waals surface area contributed by atoms with Crippen molar-refractivity contribution < 1.29 is 28.2 Å².